The SMILES string of the molecule is CC1CCC(CBr)(NS(=O)(=O)CCCC(F)(F)F)CC1. The quantitative estimate of drug-likeness (QED) is 0.716. The molecule has 0 aromatic carbocycles. The zero-order valence-electron chi connectivity index (χ0n) is 11.5. The molecule has 0 aliphatic heterocycles. The Bertz CT molecular complexity index is 403. The minimum Gasteiger partial charge on any atom is -0.212 e. The molecule has 0 unspecified atom stereocenters. The molecule has 8 heteroatoms. The lowest BCUT2D eigenvalue weighted by molar-refractivity contribution is -0.134. The molecule has 0 spiro atoms. The number of halogens is 4. The van der Waals surface area contributed by atoms with Gasteiger partial charge in [0, 0.05) is 17.3 Å². The van der Waals surface area contributed by atoms with Crippen molar-refractivity contribution in [3.05, 3.63) is 0 Å². The Morgan fingerprint density at radius 2 is 1.85 bits per heavy atom. The maximum Gasteiger partial charge on any atom is 0.389 e. The molecule has 120 valence electrons. The first kappa shape index (κ1) is 18.2. The summed E-state index contributed by atoms with van der Waals surface area (Å²) in [5, 5.41) is 0.491. The topological polar surface area (TPSA) is 46.2 Å². The summed E-state index contributed by atoms with van der Waals surface area (Å²) in [4.78, 5) is 0. The second-order valence-corrected chi connectivity index (χ2v) is 8.14. The van der Waals surface area contributed by atoms with Crippen molar-refractivity contribution in [2.24, 2.45) is 5.92 Å². The number of sulfonamides is 1. The number of hydrogen-bond donors (Lipinski definition) is 1. The van der Waals surface area contributed by atoms with E-state index in [0.29, 0.717) is 11.2 Å². The van der Waals surface area contributed by atoms with Gasteiger partial charge in [0.05, 0.1) is 5.75 Å². The summed E-state index contributed by atoms with van der Waals surface area (Å²) in [7, 11) is -3.67. The molecule has 1 rings (SSSR count). The molecule has 3 nitrogen and oxygen atoms in total. The van der Waals surface area contributed by atoms with Crippen molar-refractivity contribution in [2.45, 2.75) is 57.2 Å². The number of hydrogen-bond acceptors (Lipinski definition) is 2. The van der Waals surface area contributed by atoms with Gasteiger partial charge in [-0.15, -0.1) is 0 Å². The maximum atomic E-state index is 12.1. The maximum absolute atomic E-state index is 12.1. The Morgan fingerprint density at radius 1 is 1.30 bits per heavy atom. The highest BCUT2D eigenvalue weighted by molar-refractivity contribution is 9.09. The Kier molecular flexibility index (Phi) is 6.34. The standard InChI is InChI=1S/C12H21BrF3NO2S/c1-10-3-6-11(9-13,7-4-10)17-20(18,19)8-2-5-12(14,15)16/h10,17H,2-9H2,1H3. The third kappa shape index (κ3) is 6.30. The normalized spacial score (nSPS) is 28.6. The van der Waals surface area contributed by atoms with E-state index in [1.165, 1.54) is 0 Å². The zero-order chi connectivity index (χ0) is 15.4. The van der Waals surface area contributed by atoms with Gasteiger partial charge in [0.15, 0.2) is 0 Å². The van der Waals surface area contributed by atoms with Crippen LogP contribution in [-0.2, 0) is 10.0 Å². The van der Waals surface area contributed by atoms with E-state index in [1.54, 1.807) is 0 Å². The molecule has 0 aromatic heterocycles. The van der Waals surface area contributed by atoms with Crippen LogP contribution >= 0.6 is 15.9 Å². The van der Waals surface area contributed by atoms with Crippen molar-refractivity contribution in [3.8, 4) is 0 Å². The van der Waals surface area contributed by atoms with E-state index in [9.17, 15) is 21.6 Å². The van der Waals surface area contributed by atoms with Crippen LogP contribution in [0.25, 0.3) is 0 Å². The zero-order valence-corrected chi connectivity index (χ0v) is 13.9. The van der Waals surface area contributed by atoms with E-state index in [4.69, 9.17) is 0 Å². The van der Waals surface area contributed by atoms with E-state index in [0.717, 1.165) is 25.7 Å². The van der Waals surface area contributed by atoms with E-state index >= 15 is 0 Å². The molecule has 20 heavy (non-hydrogen) atoms. The van der Waals surface area contributed by atoms with Crippen LogP contribution in [0.3, 0.4) is 0 Å². The highest BCUT2D eigenvalue weighted by atomic mass is 79.9. The minimum absolute atomic E-state index is 0.395. The Morgan fingerprint density at radius 3 is 2.30 bits per heavy atom. The molecular formula is C12H21BrF3NO2S. The molecular weight excluding hydrogens is 359 g/mol. The lowest BCUT2D eigenvalue weighted by Crippen LogP contribution is -2.52. The summed E-state index contributed by atoms with van der Waals surface area (Å²) in [5.74, 6) is 0.0912. The summed E-state index contributed by atoms with van der Waals surface area (Å²) < 4.78 is 62.6. The van der Waals surface area contributed by atoms with Gasteiger partial charge >= 0.3 is 6.18 Å². The van der Waals surface area contributed by atoms with Crippen molar-refractivity contribution < 1.29 is 21.6 Å². The fourth-order valence-electron chi connectivity index (χ4n) is 2.42. The number of nitrogens with one attached hydrogen (secondary N) is 1. The fourth-order valence-corrected chi connectivity index (χ4v) is 4.87. The van der Waals surface area contributed by atoms with Gasteiger partial charge in [0.1, 0.15) is 0 Å². The van der Waals surface area contributed by atoms with E-state index in [1.807, 2.05) is 0 Å². The molecule has 1 saturated carbocycles. The number of alkyl halides is 4. The third-order valence-corrected chi connectivity index (χ3v) is 6.38. The average molecular weight is 380 g/mol. The molecule has 1 fully saturated rings. The first-order valence-electron chi connectivity index (χ1n) is 6.72. The van der Waals surface area contributed by atoms with E-state index in [2.05, 4.69) is 27.6 Å². The lowest BCUT2D eigenvalue weighted by atomic mass is 9.79. The van der Waals surface area contributed by atoms with Gasteiger partial charge in [-0.1, -0.05) is 22.9 Å². The van der Waals surface area contributed by atoms with Crippen LogP contribution in [0.1, 0.15) is 45.4 Å². The summed E-state index contributed by atoms with van der Waals surface area (Å²) in [5.41, 5.74) is -0.538. The Hall–Kier alpha value is 0.180. The second-order valence-electron chi connectivity index (χ2n) is 5.74. The van der Waals surface area contributed by atoms with Crippen molar-refractivity contribution >= 4 is 26.0 Å². The van der Waals surface area contributed by atoms with Crippen LogP contribution < -0.4 is 4.72 Å². The van der Waals surface area contributed by atoms with Gasteiger partial charge < -0.3 is 0 Å². The van der Waals surface area contributed by atoms with Gasteiger partial charge in [-0.05, 0) is 38.0 Å². The average Bonchev–Trinajstić information content (AvgIpc) is 2.30. The summed E-state index contributed by atoms with van der Waals surface area (Å²) in [6, 6.07) is 0. The summed E-state index contributed by atoms with van der Waals surface area (Å²) in [6.45, 7) is 2.12. The molecule has 0 atom stereocenters. The largest absolute Gasteiger partial charge is 0.389 e. The van der Waals surface area contributed by atoms with Crippen LogP contribution in [-0.4, -0.2) is 31.2 Å². The molecule has 0 bridgehead atoms. The lowest BCUT2D eigenvalue weighted by Gasteiger charge is -2.38. The molecule has 1 aliphatic carbocycles. The molecule has 0 amide bonds. The molecule has 0 saturated heterocycles. The third-order valence-electron chi connectivity index (χ3n) is 3.73. The first-order chi connectivity index (χ1) is 9.08. The van der Waals surface area contributed by atoms with Gasteiger partial charge in [-0.25, -0.2) is 13.1 Å². The van der Waals surface area contributed by atoms with Crippen molar-refractivity contribution in [2.75, 3.05) is 11.1 Å². The molecule has 0 aromatic rings. The van der Waals surface area contributed by atoms with Crippen LogP contribution in [0.15, 0.2) is 0 Å². The second kappa shape index (κ2) is 6.96. The monoisotopic (exact) mass is 379 g/mol. The van der Waals surface area contributed by atoms with E-state index in [-0.39, 0.29) is 0 Å². The highest BCUT2D eigenvalue weighted by Gasteiger charge is 2.37. The summed E-state index contributed by atoms with van der Waals surface area (Å²) >= 11 is 3.33. The molecule has 0 radical (unpaired) electrons. The van der Waals surface area contributed by atoms with Gasteiger partial charge in [-0.2, -0.15) is 13.2 Å². The molecule has 1 aliphatic rings. The van der Waals surface area contributed by atoms with Crippen molar-refractivity contribution in [1.82, 2.24) is 4.72 Å². The Labute approximate surface area is 126 Å². The first-order valence-corrected chi connectivity index (χ1v) is 9.49. The predicted octanol–water partition coefficient (Wildman–Crippen LogP) is 3.59. The van der Waals surface area contributed by atoms with Crippen molar-refractivity contribution in [3.63, 3.8) is 0 Å². The predicted molar refractivity (Wildman–Crippen MR) is 76.4 cm³/mol. The summed E-state index contributed by atoms with van der Waals surface area (Å²) in [6.07, 6.45) is -2.47. The van der Waals surface area contributed by atoms with Gasteiger partial charge in [-0.3, -0.25) is 0 Å². The molecule has 0 heterocycles. The highest BCUT2D eigenvalue weighted by Crippen LogP contribution is 2.34. The molecule has 1 N–H and O–H groups in total. The fraction of sp³-hybridized carbons (Fsp3) is 1.00. The van der Waals surface area contributed by atoms with Crippen LogP contribution in [0.4, 0.5) is 13.2 Å². The van der Waals surface area contributed by atoms with Crippen molar-refractivity contribution in [1.29, 1.82) is 0 Å². The van der Waals surface area contributed by atoms with Crippen LogP contribution in [0.5, 0.6) is 0 Å². The van der Waals surface area contributed by atoms with Crippen LogP contribution in [0, 0.1) is 5.92 Å². The Balaban J connectivity index is 2.55. The van der Waals surface area contributed by atoms with Gasteiger partial charge in [0.2, 0.25) is 10.0 Å². The van der Waals surface area contributed by atoms with Gasteiger partial charge in [0.25, 0.3) is 0 Å². The minimum atomic E-state index is -4.30. The van der Waals surface area contributed by atoms with E-state index < -0.39 is 40.3 Å². The smallest absolute Gasteiger partial charge is 0.212 e. The van der Waals surface area contributed by atoms with Crippen LogP contribution in [0.2, 0.25) is 0 Å². The number of rotatable bonds is 6.